The Morgan fingerprint density at radius 1 is 1.31 bits per heavy atom. The van der Waals surface area contributed by atoms with Gasteiger partial charge in [0.15, 0.2) is 5.82 Å². The summed E-state index contributed by atoms with van der Waals surface area (Å²) >= 11 is 3.36. The minimum absolute atomic E-state index is 0.0254. The van der Waals surface area contributed by atoms with Crippen molar-refractivity contribution in [2.45, 2.75) is 19.9 Å². The molecule has 84 valence electrons. The van der Waals surface area contributed by atoms with Crippen molar-refractivity contribution in [2.75, 3.05) is 0 Å². The van der Waals surface area contributed by atoms with E-state index in [1.807, 2.05) is 38.1 Å². The van der Waals surface area contributed by atoms with Gasteiger partial charge in [-0.2, -0.15) is 0 Å². The second kappa shape index (κ2) is 4.25. The molecule has 0 fully saturated rings. The van der Waals surface area contributed by atoms with Gasteiger partial charge in [-0.3, -0.25) is 9.09 Å². The summed E-state index contributed by atoms with van der Waals surface area (Å²) in [5.74, 6) is 0.139. The average molecular weight is 283 g/mol. The Kier molecular flexibility index (Phi) is 2.96. The third-order valence-corrected chi connectivity index (χ3v) is 2.78. The van der Waals surface area contributed by atoms with Gasteiger partial charge in [0.25, 0.3) is 0 Å². The van der Waals surface area contributed by atoms with Gasteiger partial charge in [-0.15, -0.1) is 0 Å². The van der Waals surface area contributed by atoms with Crippen molar-refractivity contribution >= 4 is 15.9 Å². The van der Waals surface area contributed by atoms with Crippen molar-refractivity contribution in [1.82, 2.24) is 9.72 Å². The van der Waals surface area contributed by atoms with Crippen molar-refractivity contribution in [3.8, 4) is 11.4 Å². The summed E-state index contributed by atoms with van der Waals surface area (Å²) < 4.78 is 7.20. The van der Waals surface area contributed by atoms with Gasteiger partial charge in [0.05, 0.1) is 0 Å². The van der Waals surface area contributed by atoms with Crippen LogP contribution in [0.4, 0.5) is 0 Å². The molecule has 1 heterocycles. The lowest BCUT2D eigenvalue weighted by Gasteiger charge is -2.07. The molecule has 0 saturated heterocycles. The van der Waals surface area contributed by atoms with Crippen LogP contribution in [0.5, 0.6) is 0 Å². The first-order chi connectivity index (χ1) is 7.59. The van der Waals surface area contributed by atoms with E-state index in [9.17, 15) is 4.79 Å². The molecular weight excluding hydrogens is 272 g/mol. The van der Waals surface area contributed by atoms with Crippen molar-refractivity contribution in [1.29, 1.82) is 0 Å². The third kappa shape index (κ3) is 1.95. The van der Waals surface area contributed by atoms with Gasteiger partial charge in [0.1, 0.15) is 0 Å². The Hall–Kier alpha value is -1.36. The second-order valence-electron chi connectivity index (χ2n) is 3.74. The molecule has 2 aromatic rings. The molecular formula is C11H11BrN2O2. The lowest BCUT2D eigenvalue weighted by molar-refractivity contribution is 0.370. The summed E-state index contributed by atoms with van der Waals surface area (Å²) in [6.07, 6.45) is 0. The minimum atomic E-state index is -0.423. The van der Waals surface area contributed by atoms with Crippen LogP contribution in [-0.2, 0) is 0 Å². The molecule has 1 aromatic carbocycles. The average Bonchev–Trinajstić information content (AvgIpc) is 2.61. The Bertz CT molecular complexity index is 540. The lowest BCUT2D eigenvalue weighted by atomic mass is 10.2. The Morgan fingerprint density at radius 2 is 1.94 bits per heavy atom. The summed E-state index contributed by atoms with van der Waals surface area (Å²) in [4.78, 5) is 11.4. The largest absolute Gasteiger partial charge is 0.442 e. The first-order valence-electron chi connectivity index (χ1n) is 4.93. The van der Waals surface area contributed by atoms with E-state index in [4.69, 9.17) is 0 Å². The van der Waals surface area contributed by atoms with E-state index >= 15 is 0 Å². The first-order valence-corrected chi connectivity index (χ1v) is 5.73. The van der Waals surface area contributed by atoms with Gasteiger partial charge >= 0.3 is 5.76 Å². The highest BCUT2D eigenvalue weighted by Crippen LogP contribution is 2.21. The number of benzene rings is 1. The fourth-order valence-electron chi connectivity index (χ4n) is 1.50. The molecule has 0 spiro atoms. The molecule has 0 aliphatic carbocycles. The summed E-state index contributed by atoms with van der Waals surface area (Å²) in [6, 6.07) is 7.61. The van der Waals surface area contributed by atoms with Crippen LogP contribution in [0.25, 0.3) is 11.4 Å². The third-order valence-electron chi connectivity index (χ3n) is 2.25. The van der Waals surface area contributed by atoms with E-state index in [1.165, 1.54) is 4.57 Å². The van der Waals surface area contributed by atoms with Crippen LogP contribution in [0.3, 0.4) is 0 Å². The van der Waals surface area contributed by atoms with E-state index in [-0.39, 0.29) is 6.04 Å². The van der Waals surface area contributed by atoms with Crippen LogP contribution < -0.4 is 5.76 Å². The van der Waals surface area contributed by atoms with E-state index in [1.54, 1.807) is 0 Å². The first kappa shape index (κ1) is 11.1. The molecule has 4 nitrogen and oxygen atoms in total. The molecule has 0 aliphatic rings. The van der Waals surface area contributed by atoms with Crippen molar-refractivity contribution in [3.63, 3.8) is 0 Å². The maximum atomic E-state index is 11.4. The van der Waals surface area contributed by atoms with Crippen LogP contribution in [0.15, 0.2) is 38.1 Å². The summed E-state index contributed by atoms with van der Waals surface area (Å²) in [5.41, 5.74) is 0.864. The topological polar surface area (TPSA) is 48.0 Å². The highest BCUT2D eigenvalue weighted by molar-refractivity contribution is 9.10. The number of rotatable bonds is 2. The lowest BCUT2D eigenvalue weighted by Crippen LogP contribution is -2.17. The summed E-state index contributed by atoms with van der Waals surface area (Å²) in [5, 5.41) is 3.80. The number of hydrogen-bond donors (Lipinski definition) is 0. The fraction of sp³-hybridized carbons (Fsp3) is 0.273. The zero-order valence-electron chi connectivity index (χ0n) is 8.98. The van der Waals surface area contributed by atoms with Crippen molar-refractivity contribution < 1.29 is 4.52 Å². The molecule has 16 heavy (non-hydrogen) atoms. The van der Waals surface area contributed by atoms with Crippen LogP contribution >= 0.6 is 15.9 Å². The van der Waals surface area contributed by atoms with Crippen molar-refractivity contribution in [3.05, 3.63) is 39.3 Å². The standard InChI is InChI=1S/C11H11BrN2O2/c1-7(2)14-10(13-16-11(14)15)8-3-5-9(12)6-4-8/h3-7H,1-2H3. The molecule has 0 aliphatic heterocycles. The van der Waals surface area contributed by atoms with E-state index < -0.39 is 5.76 Å². The van der Waals surface area contributed by atoms with E-state index in [2.05, 4.69) is 25.6 Å². The zero-order valence-corrected chi connectivity index (χ0v) is 10.6. The van der Waals surface area contributed by atoms with Crippen LogP contribution in [0.2, 0.25) is 0 Å². The predicted octanol–water partition coefficient (Wildman–Crippen LogP) is 2.85. The molecule has 0 saturated carbocycles. The van der Waals surface area contributed by atoms with Gasteiger partial charge in [-0.05, 0) is 26.0 Å². The minimum Gasteiger partial charge on any atom is -0.295 e. The van der Waals surface area contributed by atoms with Gasteiger partial charge < -0.3 is 0 Å². The van der Waals surface area contributed by atoms with Crippen LogP contribution in [0.1, 0.15) is 19.9 Å². The van der Waals surface area contributed by atoms with E-state index in [0.29, 0.717) is 5.82 Å². The van der Waals surface area contributed by atoms with Crippen LogP contribution in [-0.4, -0.2) is 9.72 Å². The van der Waals surface area contributed by atoms with Crippen molar-refractivity contribution in [2.24, 2.45) is 0 Å². The molecule has 0 N–H and O–H groups in total. The number of aromatic nitrogens is 2. The molecule has 0 bridgehead atoms. The SMILES string of the molecule is CC(C)n1c(-c2ccc(Br)cc2)noc1=O. The molecule has 0 radical (unpaired) electrons. The predicted molar refractivity (Wildman–Crippen MR) is 64.3 cm³/mol. The number of hydrogen-bond acceptors (Lipinski definition) is 3. The molecule has 1 aromatic heterocycles. The normalized spacial score (nSPS) is 11.0. The Labute approximate surface area is 101 Å². The molecule has 5 heteroatoms. The Morgan fingerprint density at radius 3 is 2.50 bits per heavy atom. The van der Waals surface area contributed by atoms with E-state index in [0.717, 1.165) is 10.0 Å². The fourth-order valence-corrected chi connectivity index (χ4v) is 1.77. The number of halogens is 1. The maximum Gasteiger partial charge on any atom is 0.442 e. The highest BCUT2D eigenvalue weighted by atomic mass is 79.9. The molecule has 2 rings (SSSR count). The molecule has 0 atom stereocenters. The van der Waals surface area contributed by atoms with Crippen LogP contribution in [0, 0.1) is 0 Å². The van der Waals surface area contributed by atoms with Gasteiger partial charge in [0.2, 0.25) is 0 Å². The molecule has 0 unspecified atom stereocenters. The molecule has 0 amide bonds. The summed E-state index contributed by atoms with van der Waals surface area (Å²) in [6.45, 7) is 3.84. The highest BCUT2D eigenvalue weighted by Gasteiger charge is 2.14. The number of nitrogens with zero attached hydrogens (tertiary/aromatic N) is 2. The van der Waals surface area contributed by atoms with Gasteiger partial charge in [-0.25, -0.2) is 4.79 Å². The second-order valence-corrected chi connectivity index (χ2v) is 4.66. The zero-order chi connectivity index (χ0) is 11.7. The van der Waals surface area contributed by atoms with Gasteiger partial charge in [0, 0.05) is 16.1 Å². The smallest absolute Gasteiger partial charge is 0.295 e. The summed E-state index contributed by atoms with van der Waals surface area (Å²) in [7, 11) is 0. The maximum absolute atomic E-state index is 11.4. The van der Waals surface area contributed by atoms with Gasteiger partial charge in [-0.1, -0.05) is 33.2 Å². The monoisotopic (exact) mass is 282 g/mol. The quantitative estimate of drug-likeness (QED) is 0.851. The Balaban J connectivity index is 2.56.